The second-order valence-electron chi connectivity index (χ2n) is 5.47. The van der Waals surface area contributed by atoms with Gasteiger partial charge in [-0.25, -0.2) is 0 Å². The minimum Gasteiger partial charge on any atom is -0.368 e. The van der Waals surface area contributed by atoms with Gasteiger partial charge in [0.25, 0.3) is 0 Å². The smallest absolute Gasteiger partial charge is 0.0467 e. The van der Waals surface area contributed by atoms with E-state index in [1.807, 2.05) is 6.07 Å². The Kier molecular flexibility index (Phi) is 3.86. The first-order valence-electron chi connectivity index (χ1n) is 6.91. The van der Waals surface area contributed by atoms with E-state index in [1.54, 1.807) is 0 Å². The lowest BCUT2D eigenvalue weighted by atomic mass is 9.85. The number of fused-ring (bicyclic) bond motifs is 1. The number of halogens is 2. The molecule has 1 aliphatic carbocycles. The molecule has 2 fully saturated rings. The summed E-state index contributed by atoms with van der Waals surface area (Å²) < 4.78 is 0. The first kappa shape index (κ1) is 12.8. The third-order valence-electron chi connectivity index (χ3n) is 4.55. The van der Waals surface area contributed by atoms with Gasteiger partial charge in [-0.05, 0) is 37.3 Å². The second-order valence-corrected chi connectivity index (χ2v) is 6.43. The number of alkyl halides is 1. The van der Waals surface area contributed by atoms with Crippen molar-refractivity contribution in [3.8, 4) is 0 Å². The van der Waals surface area contributed by atoms with Crippen molar-refractivity contribution in [1.82, 2.24) is 0 Å². The van der Waals surface area contributed by atoms with Gasteiger partial charge in [-0.1, -0.05) is 46.4 Å². The van der Waals surface area contributed by atoms with Crippen molar-refractivity contribution in [2.45, 2.75) is 43.5 Å². The largest absolute Gasteiger partial charge is 0.368 e. The summed E-state index contributed by atoms with van der Waals surface area (Å²) in [6.07, 6.45) is 6.96. The lowest BCUT2D eigenvalue weighted by Crippen LogP contribution is -2.35. The topological polar surface area (TPSA) is 3.24 Å². The van der Waals surface area contributed by atoms with E-state index >= 15 is 0 Å². The highest BCUT2D eigenvalue weighted by molar-refractivity contribution is 9.08. The lowest BCUT2D eigenvalue weighted by Gasteiger charge is -2.34. The van der Waals surface area contributed by atoms with E-state index in [9.17, 15) is 0 Å². The highest BCUT2D eigenvalue weighted by Gasteiger charge is 2.36. The summed E-state index contributed by atoms with van der Waals surface area (Å²) in [5, 5.41) is 1.74. The fourth-order valence-electron chi connectivity index (χ4n) is 3.65. The summed E-state index contributed by atoms with van der Waals surface area (Å²) in [5.74, 6) is 0.918. The summed E-state index contributed by atoms with van der Waals surface area (Å²) in [4.78, 5) is 2.62. The van der Waals surface area contributed by atoms with Gasteiger partial charge in [0.1, 0.15) is 0 Å². The Morgan fingerprint density at radius 2 is 2.06 bits per heavy atom. The number of anilines is 1. The quantitative estimate of drug-likeness (QED) is 0.690. The number of rotatable bonds is 2. The molecule has 2 unspecified atom stereocenters. The summed E-state index contributed by atoms with van der Waals surface area (Å²) in [5.41, 5.74) is 2.61. The Morgan fingerprint density at radius 3 is 2.89 bits per heavy atom. The van der Waals surface area contributed by atoms with Crippen LogP contribution in [0.5, 0.6) is 0 Å². The molecular formula is C15H19BrClN. The number of benzene rings is 1. The van der Waals surface area contributed by atoms with Crippen LogP contribution in [-0.2, 0) is 5.33 Å². The van der Waals surface area contributed by atoms with Gasteiger partial charge in [-0.15, -0.1) is 0 Å². The summed E-state index contributed by atoms with van der Waals surface area (Å²) in [6.45, 7) is 1.20. The minimum atomic E-state index is 0.759. The third kappa shape index (κ3) is 2.18. The van der Waals surface area contributed by atoms with E-state index in [2.05, 4.69) is 33.0 Å². The molecule has 98 valence electrons. The zero-order valence-corrected chi connectivity index (χ0v) is 12.9. The molecule has 0 radical (unpaired) electrons. The van der Waals surface area contributed by atoms with Crippen molar-refractivity contribution in [2.24, 2.45) is 5.92 Å². The van der Waals surface area contributed by atoms with Crippen molar-refractivity contribution in [1.29, 1.82) is 0 Å². The molecule has 1 saturated heterocycles. The van der Waals surface area contributed by atoms with Gasteiger partial charge >= 0.3 is 0 Å². The fourth-order valence-corrected chi connectivity index (χ4v) is 4.64. The monoisotopic (exact) mass is 327 g/mol. The maximum Gasteiger partial charge on any atom is 0.0467 e. The van der Waals surface area contributed by atoms with Crippen LogP contribution in [0.3, 0.4) is 0 Å². The van der Waals surface area contributed by atoms with Crippen LogP contribution in [0.2, 0.25) is 5.02 Å². The molecular weight excluding hydrogens is 310 g/mol. The van der Waals surface area contributed by atoms with E-state index in [0.717, 1.165) is 22.3 Å². The molecule has 1 nitrogen and oxygen atoms in total. The first-order valence-corrected chi connectivity index (χ1v) is 8.41. The lowest BCUT2D eigenvalue weighted by molar-refractivity contribution is 0.342. The molecule has 0 spiro atoms. The minimum absolute atomic E-state index is 0.759. The predicted molar refractivity (Wildman–Crippen MR) is 81.8 cm³/mol. The molecule has 2 aliphatic rings. The Morgan fingerprint density at radius 1 is 1.22 bits per heavy atom. The number of hydrogen-bond acceptors (Lipinski definition) is 1. The van der Waals surface area contributed by atoms with E-state index in [4.69, 9.17) is 11.6 Å². The molecule has 1 heterocycles. The third-order valence-corrected chi connectivity index (χ3v) is 5.46. The van der Waals surface area contributed by atoms with Crippen molar-refractivity contribution in [3.63, 3.8) is 0 Å². The molecule has 1 saturated carbocycles. The average Bonchev–Trinajstić information content (AvgIpc) is 2.82. The number of hydrogen-bond donors (Lipinski definition) is 0. The van der Waals surface area contributed by atoms with Crippen molar-refractivity contribution < 1.29 is 0 Å². The van der Waals surface area contributed by atoms with Crippen LogP contribution in [0.25, 0.3) is 0 Å². The van der Waals surface area contributed by atoms with Crippen molar-refractivity contribution >= 4 is 33.2 Å². The molecule has 0 aromatic heterocycles. The average molecular weight is 329 g/mol. The van der Waals surface area contributed by atoms with Gasteiger partial charge in [-0.3, -0.25) is 0 Å². The van der Waals surface area contributed by atoms with Crippen LogP contribution in [-0.4, -0.2) is 12.6 Å². The van der Waals surface area contributed by atoms with Gasteiger partial charge in [0, 0.05) is 34.2 Å². The van der Waals surface area contributed by atoms with Gasteiger partial charge in [0.15, 0.2) is 0 Å². The summed E-state index contributed by atoms with van der Waals surface area (Å²) in [7, 11) is 0. The van der Waals surface area contributed by atoms with Crippen LogP contribution in [0, 0.1) is 5.92 Å². The normalized spacial score (nSPS) is 27.3. The zero-order chi connectivity index (χ0) is 12.5. The maximum absolute atomic E-state index is 6.33. The van der Waals surface area contributed by atoms with Crippen LogP contribution >= 0.6 is 27.5 Å². The molecule has 3 heteroatoms. The molecule has 2 atom stereocenters. The van der Waals surface area contributed by atoms with E-state index in [0.29, 0.717) is 0 Å². The van der Waals surface area contributed by atoms with E-state index in [-0.39, 0.29) is 0 Å². The Bertz CT molecular complexity index is 435. The highest BCUT2D eigenvalue weighted by Crippen LogP contribution is 2.41. The maximum atomic E-state index is 6.33. The summed E-state index contributed by atoms with van der Waals surface area (Å²) >= 11 is 9.91. The van der Waals surface area contributed by atoms with Gasteiger partial charge in [0.2, 0.25) is 0 Å². The summed E-state index contributed by atoms with van der Waals surface area (Å²) in [6, 6.07) is 7.07. The molecule has 0 N–H and O–H groups in total. The Balaban J connectivity index is 1.93. The zero-order valence-electron chi connectivity index (χ0n) is 10.5. The van der Waals surface area contributed by atoms with Crippen LogP contribution < -0.4 is 4.90 Å². The Labute approximate surface area is 123 Å². The molecule has 1 aromatic rings. The van der Waals surface area contributed by atoms with Crippen LogP contribution in [0.15, 0.2) is 18.2 Å². The van der Waals surface area contributed by atoms with Crippen LogP contribution in [0.4, 0.5) is 5.69 Å². The van der Waals surface area contributed by atoms with E-state index in [1.165, 1.54) is 49.9 Å². The second kappa shape index (κ2) is 5.42. The van der Waals surface area contributed by atoms with Gasteiger partial charge in [0.05, 0.1) is 0 Å². The number of nitrogens with zero attached hydrogens (tertiary/aromatic N) is 1. The molecule has 1 aromatic carbocycles. The first-order chi connectivity index (χ1) is 8.81. The molecule has 18 heavy (non-hydrogen) atoms. The molecule has 3 rings (SSSR count). The SMILES string of the molecule is Clc1cccc(N2CCC3CCCCC32)c1CBr. The standard InChI is InChI=1S/C15H19BrClN/c16-10-12-13(17)5-3-7-15(12)18-9-8-11-4-1-2-6-14(11)18/h3,5,7,11,14H,1-2,4,6,8-10H2. The fraction of sp³-hybridized carbons (Fsp3) is 0.600. The Hall–Kier alpha value is -0.210. The van der Waals surface area contributed by atoms with Gasteiger partial charge in [-0.2, -0.15) is 0 Å². The predicted octanol–water partition coefficient (Wildman–Crippen LogP) is 5.00. The molecule has 1 aliphatic heterocycles. The molecule has 0 amide bonds. The van der Waals surface area contributed by atoms with Gasteiger partial charge < -0.3 is 4.90 Å². The van der Waals surface area contributed by atoms with Crippen molar-refractivity contribution in [2.75, 3.05) is 11.4 Å². The van der Waals surface area contributed by atoms with Crippen LogP contribution in [0.1, 0.15) is 37.7 Å². The van der Waals surface area contributed by atoms with E-state index < -0.39 is 0 Å². The van der Waals surface area contributed by atoms with Crippen molar-refractivity contribution in [3.05, 3.63) is 28.8 Å². The molecule has 0 bridgehead atoms. The highest BCUT2D eigenvalue weighted by atomic mass is 79.9.